The van der Waals surface area contributed by atoms with Crippen LogP contribution in [-0.4, -0.2) is 18.6 Å². The highest BCUT2D eigenvalue weighted by Crippen LogP contribution is 2.25. The highest BCUT2D eigenvalue weighted by atomic mass is 16.5. The van der Waals surface area contributed by atoms with E-state index in [2.05, 4.69) is 12.2 Å². The van der Waals surface area contributed by atoms with Crippen LogP contribution in [0.4, 0.5) is 5.69 Å². The number of anilines is 1. The van der Waals surface area contributed by atoms with Crippen LogP contribution in [0.25, 0.3) is 0 Å². The number of ether oxygens (including phenoxy) is 1. The molecule has 1 aromatic carbocycles. The molecule has 1 amide bonds. The van der Waals surface area contributed by atoms with Gasteiger partial charge in [0.2, 0.25) is 5.91 Å². The summed E-state index contributed by atoms with van der Waals surface area (Å²) in [5.41, 5.74) is 6.24. The Hall–Kier alpha value is -1.55. The van der Waals surface area contributed by atoms with Crippen LogP contribution in [0, 0.1) is 5.92 Å². The molecule has 20 heavy (non-hydrogen) atoms. The van der Waals surface area contributed by atoms with Crippen LogP contribution in [0.1, 0.15) is 40.0 Å². The highest BCUT2D eigenvalue weighted by molar-refractivity contribution is 5.92. The van der Waals surface area contributed by atoms with Crippen molar-refractivity contribution in [1.82, 2.24) is 0 Å². The Balaban J connectivity index is 2.53. The first-order chi connectivity index (χ1) is 9.52. The van der Waals surface area contributed by atoms with Crippen LogP contribution in [0.15, 0.2) is 24.3 Å². The molecule has 3 N–H and O–H groups in total. The SMILES string of the molecule is CC(CCN)CCC(=O)Nc1ccccc1OC(C)C. The van der Waals surface area contributed by atoms with Crippen LogP contribution in [0.2, 0.25) is 0 Å². The summed E-state index contributed by atoms with van der Waals surface area (Å²) in [6, 6.07) is 7.52. The number of nitrogens with two attached hydrogens (primary N) is 1. The molecular formula is C16H26N2O2. The van der Waals surface area contributed by atoms with Crippen molar-refractivity contribution in [2.75, 3.05) is 11.9 Å². The van der Waals surface area contributed by atoms with E-state index in [0.717, 1.165) is 18.5 Å². The molecule has 0 spiro atoms. The van der Waals surface area contributed by atoms with E-state index in [-0.39, 0.29) is 12.0 Å². The molecule has 0 bridgehead atoms. The Bertz CT molecular complexity index is 419. The Labute approximate surface area is 121 Å². The first-order valence-corrected chi connectivity index (χ1v) is 7.28. The first-order valence-electron chi connectivity index (χ1n) is 7.28. The molecule has 0 heterocycles. The number of nitrogens with one attached hydrogen (secondary N) is 1. The molecule has 4 heteroatoms. The predicted octanol–water partition coefficient (Wildman–Crippen LogP) is 3.18. The number of benzene rings is 1. The summed E-state index contributed by atoms with van der Waals surface area (Å²) in [5, 5.41) is 2.92. The number of hydrogen-bond acceptors (Lipinski definition) is 3. The molecule has 1 aromatic rings. The minimum absolute atomic E-state index is 0.0219. The number of carbonyl (C=O) groups is 1. The van der Waals surface area contributed by atoms with E-state index in [4.69, 9.17) is 10.5 Å². The lowest BCUT2D eigenvalue weighted by atomic mass is 10.0. The van der Waals surface area contributed by atoms with Gasteiger partial charge in [-0.3, -0.25) is 4.79 Å². The summed E-state index contributed by atoms with van der Waals surface area (Å²) in [7, 11) is 0. The monoisotopic (exact) mass is 278 g/mol. The predicted molar refractivity (Wildman–Crippen MR) is 82.9 cm³/mol. The van der Waals surface area contributed by atoms with Crippen molar-refractivity contribution in [2.45, 2.75) is 46.1 Å². The highest BCUT2D eigenvalue weighted by Gasteiger charge is 2.10. The molecule has 1 atom stereocenters. The van der Waals surface area contributed by atoms with E-state index in [1.807, 2.05) is 38.1 Å². The standard InChI is InChI=1S/C16H26N2O2/c1-12(2)20-15-7-5-4-6-14(15)18-16(19)9-8-13(3)10-11-17/h4-7,12-13H,8-11,17H2,1-3H3,(H,18,19). The average Bonchev–Trinajstić information content (AvgIpc) is 2.38. The third-order valence-corrected chi connectivity index (χ3v) is 3.05. The molecule has 0 saturated carbocycles. The van der Waals surface area contributed by atoms with E-state index in [1.54, 1.807) is 0 Å². The van der Waals surface area contributed by atoms with Crippen molar-refractivity contribution in [2.24, 2.45) is 11.7 Å². The molecule has 1 unspecified atom stereocenters. The lowest BCUT2D eigenvalue weighted by Crippen LogP contribution is -2.15. The van der Waals surface area contributed by atoms with Crippen molar-refractivity contribution < 1.29 is 9.53 Å². The lowest BCUT2D eigenvalue weighted by molar-refractivity contribution is -0.116. The molecule has 112 valence electrons. The maximum Gasteiger partial charge on any atom is 0.224 e. The van der Waals surface area contributed by atoms with Crippen LogP contribution in [-0.2, 0) is 4.79 Å². The fourth-order valence-corrected chi connectivity index (χ4v) is 1.95. The first kappa shape index (κ1) is 16.5. The minimum atomic E-state index is 0.0219. The zero-order valence-electron chi connectivity index (χ0n) is 12.7. The Morgan fingerprint density at radius 2 is 1.95 bits per heavy atom. The molecule has 0 saturated heterocycles. The number of rotatable bonds is 8. The van der Waals surface area contributed by atoms with E-state index in [9.17, 15) is 4.79 Å². The molecule has 0 aromatic heterocycles. The fourth-order valence-electron chi connectivity index (χ4n) is 1.95. The van der Waals surface area contributed by atoms with Crippen molar-refractivity contribution in [3.8, 4) is 5.75 Å². The van der Waals surface area contributed by atoms with Crippen LogP contribution >= 0.6 is 0 Å². The van der Waals surface area contributed by atoms with Gasteiger partial charge in [0.1, 0.15) is 5.75 Å². The van der Waals surface area contributed by atoms with Gasteiger partial charge in [0, 0.05) is 6.42 Å². The fraction of sp³-hybridized carbons (Fsp3) is 0.562. The van der Waals surface area contributed by atoms with Gasteiger partial charge in [0.25, 0.3) is 0 Å². The average molecular weight is 278 g/mol. The summed E-state index contributed by atoms with van der Waals surface area (Å²) < 4.78 is 5.68. The number of hydrogen-bond donors (Lipinski definition) is 2. The van der Waals surface area contributed by atoms with Crippen molar-refractivity contribution in [3.05, 3.63) is 24.3 Å². The summed E-state index contributed by atoms with van der Waals surface area (Å²) in [4.78, 5) is 12.0. The van der Waals surface area contributed by atoms with Gasteiger partial charge in [-0.05, 0) is 51.3 Å². The van der Waals surface area contributed by atoms with E-state index >= 15 is 0 Å². The molecular weight excluding hydrogens is 252 g/mol. The Kier molecular flexibility index (Phi) is 7.09. The maximum atomic E-state index is 12.0. The summed E-state index contributed by atoms with van der Waals surface area (Å²) >= 11 is 0. The van der Waals surface area contributed by atoms with Crippen LogP contribution in [0.5, 0.6) is 5.75 Å². The van der Waals surface area contributed by atoms with E-state index in [1.165, 1.54) is 0 Å². The molecule has 0 radical (unpaired) electrons. The third-order valence-electron chi connectivity index (χ3n) is 3.05. The van der Waals surface area contributed by atoms with E-state index < -0.39 is 0 Å². The van der Waals surface area contributed by atoms with Crippen LogP contribution < -0.4 is 15.8 Å². The number of para-hydroxylation sites is 2. The van der Waals surface area contributed by atoms with Crippen molar-refractivity contribution >= 4 is 11.6 Å². The number of carbonyl (C=O) groups excluding carboxylic acids is 1. The summed E-state index contributed by atoms with van der Waals surface area (Å²) in [6.07, 6.45) is 2.41. The van der Waals surface area contributed by atoms with Gasteiger partial charge < -0.3 is 15.8 Å². The van der Waals surface area contributed by atoms with E-state index in [0.29, 0.717) is 24.6 Å². The maximum absolute atomic E-state index is 12.0. The smallest absolute Gasteiger partial charge is 0.224 e. The zero-order valence-corrected chi connectivity index (χ0v) is 12.7. The third kappa shape index (κ3) is 6.06. The molecule has 0 aliphatic heterocycles. The van der Waals surface area contributed by atoms with Gasteiger partial charge in [0.05, 0.1) is 11.8 Å². The van der Waals surface area contributed by atoms with Crippen LogP contribution in [0.3, 0.4) is 0 Å². The van der Waals surface area contributed by atoms with Gasteiger partial charge in [0.15, 0.2) is 0 Å². The lowest BCUT2D eigenvalue weighted by Gasteiger charge is -2.15. The molecule has 0 aliphatic rings. The van der Waals surface area contributed by atoms with Gasteiger partial charge in [-0.25, -0.2) is 0 Å². The largest absolute Gasteiger partial charge is 0.489 e. The topological polar surface area (TPSA) is 64.4 Å². The van der Waals surface area contributed by atoms with Gasteiger partial charge >= 0.3 is 0 Å². The second kappa shape index (κ2) is 8.59. The molecule has 4 nitrogen and oxygen atoms in total. The van der Waals surface area contributed by atoms with Gasteiger partial charge in [-0.1, -0.05) is 19.1 Å². The summed E-state index contributed by atoms with van der Waals surface area (Å²) in [5.74, 6) is 1.22. The quantitative estimate of drug-likeness (QED) is 0.767. The number of amides is 1. The summed E-state index contributed by atoms with van der Waals surface area (Å²) in [6.45, 7) is 6.73. The van der Waals surface area contributed by atoms with Gasteiger partial charge in [-0.2, -0.15) is 0 Å². The Morgan fingerprint density at radius 1 is 1.25 bits per heavy atom. The normalized spacial score (nSPS) is 12.2. The van der Waals surface area contributed by atoms with Gasteiger partial charge in [-0.15, -0.1) is 0 Å². The van der Waals surface area contributed by atoms with Crippen molar-refractivity contribution in [3.63, 3.8) is 0 Å². The zero-order chi connectivity index (χ0) is 15.0. The minimum Gasteiger partial charge on any atom is -0.489 e. The molecule has 0 fully saturated rings. The Morgan fingerprint density at radius 3 is 2.60 bits per heavy atom. The second-order valence-corrected chi connectivity index (χ2v) is 5.43. The molecule has 0 aliphatic carbocycles. The molecule has 1 rings (SSSR count). The van der Waals surface area contributed by atoms with Crippen molar-refractivity contribution in [1.29, 1.82) is 0 Å². The second-order valence-electron chi connectivity index (χ2n) is 5.43.